The lowest BCUT2D eigenvalue weighted by Gasteiger charge is -2.15. The Morgan fingerprint density at radius 2 is 1.85 bits per heavy atom. The van der Waals surface area contributed by atoms with E-state index in [2.05, 4.69) is 49.4 Å². The van der Waals surface area contributed by atoms with E-state index in [1.165, 1.54) is 31.6 Å². The highest BCUT2D eigenvalue weighted by atomic mass is 16.3. The number of hydrogen-bond donors (Lipinski definition) is 2. The Kier molecular flexibility index (Phi) is 7.82. The van der Waals surface area contributed by atoms with Gasteiger partial charge < -0.3 is 20.2 Å². The van der Waals surface area contributed by atoms with Crippen molar-refractivity contribution in [3.05, 3.63) is 36.5 Å². The Balaban J connectivity index is 0.000000758. The van der Waals surface area contributed by atoms with E-state index in [1.807, 2.05) is 26.4 Å². The third-order valence-electron chi connectivity index (χ3n) is 4.24. The molecule has 1 aromatic heterocycles. The van der Waals surface area contributed by atoms with Crippen molar-refractivity contribution in [2.45, 2.75) is 12.8 Å². The molecule has 26 heavy (non-hydrogen) atoms. The quantitative estimate of drug-likeness (QED) is 0.768. The monoisotopic (exact) mass is 357 g/mol. The van der Waals surface area contributed by atoms with Crippen molar-refractivity contribution in [3.8, 4) is 11.3 Å². The minimum atomic E-state index is -0.250. The molecule has 7 nitrogen and oxygen atoms in total. The molecule has 140 valence electrons. The summed E-state index contributed by atoms with van der Waals surface area (Å²) in [6, 6.07) is 10.4. The molecule has 3 rings (SSSR count). The number of carboxylic acid groups (broad SMARTS) is 1. The molecule has 0 atom stereocenters. The van der Waals surface area contributed by atoms with Gasteiger partial charge in [0.05, 0.1) is 5.69 Å². The Bertz CT molecular complexity index is 670. The van der Waals surface area contributed by atoms with Crippen LogP contribution in [0.2, 0.25) is 0 Å². The molecule has 7 heteroatoms. The average Bonchev–Trinajstić information content (AvgIpc) is 3.16. The summed E-state index contributed by atoms with van der Waals surface area (Å²) in [4.78, 5) is 21.9. The van der Waals surface area contributed by atoms with Gasteiger partial charge in [0.1, 0.15) is 0 Å². The number of benzene rings is 1. The summed E-state index contributed by atoms with van der Waals surface area (Å²) < 4.78 is 0. The first-order valence-corrected chi connectivity index (χ1v) is 8.79. The topological polar surface area (TPSA) is 81.6 Å². The third-order valence-corrected chi connectivity index (χ3v) is 4.24. The highest BCUT2D eigenvalue weighted by Crippen LogP contribution is 2.21. The molecular formula is C19H27N5O2. The summed E-state index contributed by atoms with van der Waals surface area (Å²) in [5.41, 5.74) is 3.25. The first-order chi connectivity index (χ1) is 12.6. The summed E-state index contributed by atoms with van der Waals surface area (Å²) in [7, 11) is 4.09. The van der Waals surface area contributed by atoms with E-state index in [1.54, 1.807) is 0 Å². The highest BCUT2D eigenvalue weighted by molar-refractivity contribution is 5.63. The first kappa shape index (κ1) is 19.7. The molecule has 0 radical (unpaired) electrons. The zero-order valence-corrected chi connectivity index (χ0v) is 15.4. The summed E-state index contributed by atoms with van der Waals surface area (Å²) in [6.07, 6.45) is 4.48. The Morgan fingerprint density at radius 3 is 2.46 bits per heavy atom. The van der Waals surface area contributed by atoms with Crippen molar-refractivity contribution in [1.29, 1.82) is 0 Å². The molecule has 2 heterocycles. The fourth-order valence-electron chi connectivity index (χ4n) is 2.87. The van der Waals surface area contributed by atoms with Gasteiger partial charge in [-0.05, 0) is 44.1 Å². The number of rotatable bonds is 6. The van der Waals surface area contributed by atoms with E-state index in [9.17, 15) is 0 Å². The minimum absolute atomic E-state index is 0.250. The van der Waals surface area contributed by atoms with Crippen LogP contribution in [0.1, 0.15) is 12.8 Å². The second-order valence-electron chi connectivity index (χ2n) is 6.29. The molecule has 1 aromatic carbocycles. The largest absolute Gasteiger partial charge is 0.483 e. The zero-order chi connectivity index (χ0) is 18.8. The average molecular weight is 357 g/mol. The number of likely N-dealkylation sites (tertiary alicyclic amines) is 1. The van der Waals surface area contributed by atoms with Gasteiger partial charge in [-0.1, -0.05) is 12.1 Å². The number of nitrogens with one attached hydrogen (secondary N) is 1. The van der Waals surface area contributed by atoms with Gasteiger partial charge in [-0.2, -0.15) is 0 Å². The maximum Gasteiger partial charge on any atom is 0.290 e. The van der Waals surface area contributed by atoms with Crippen LogP contribution in [-0.4, -0.2) is 66.7 Å². The van der Waals surface area contributed by atoms with E-state index >= 15 is 0 Å². The third kappa shape index (κ3) is 6.00. The van der Waals surface area contributed by atoms with Crippen LogP contribution in [0.4, 0.5) is 11.6 Å². The van der Waals surface area contributed by atoms with Crippen molar-refractivity contribution in [2.24, 2.45) is 0 Å². The highest BCUT2D eigenvalue weighted by Gasteiger charge is 2.10. The van der Waals surface area contributed by atoms with Gasteiger partial charge >= 0.3 is 0 Å². The smallest absolute Gasteiger partial charge is 0.290 e. The number of nitrogens with zero attached hydrogens (tertiary/aromatic N) is 4. The molecule has 0 spiro atoms. The van der Waals surface area contributed by atoms with E-state index in [0.29, 0.717) is 5.95 Å². The summed E-state index contributed by atoms with van der Waals surface area (Å²) in [6.45, 7) is 4.15. The predicted molar refractivity (Wildman–Crippen MR) is 105 cm³/mol. The molecule has 0 bridgehead atoms. The molecule has 2 aromatic rings. The van der Waals surface area contributed by atoms with Crippen LogP contribution < -0.4 is 10.2 Å². The molecule has 0 amide bonds. The molecule has 1 aliphatic heterocycles. The van der Waals surface area contributed by atoms with Crippen molar-refractivity contribution < 1.29 is 9.90 Å². The number of aromatic nitrogens is 2. The molecule has 0 aliphatic carbocycles. The van der Waals surface area contributed by atoms with Crippen LogP contribution in [0.3, 0.4) is 0 Å². The van der Waals surface area contributed by atoms with Crippen molar-refractivity contribution in [1.82, 2.24) is 14.9 Å². The zero-order valence-electron chi connectivity index (χ0n) is 15.4. The summed E-state index contributed by atoms with van der Waals surface area (Å²) in [5.74, 6) is 0.707. The SMILES string of the molecule is CN(C)c1ccc(-c2ccnc(NCCN3CCCC3)n2)cc1.O=CO. The normalized spacial score (nSPS) is 13.6. The van der Waals surface area contributed by atoms with E-state index in [-0.39, 0.29) is 6.47 Å². The van der Waals surface area contributed by atoms with Crippen LogP contribution in [0.5, 0.6) is 0 Å². The lowest BCUT2D eigenvalue weighted by Crippen LogP contribution is -2.26. The molecule has 2 N–H and O–H groups in total. The Hall–Kier alpha value is -2.67. The van der Waals surface area contributed by atoms with Gasteiger partial charge in [-0.25, -0.2) is 9.97 Å². The number of anilines is 2. The van der Waals surface area contributed by atoms with Crippen LogP contribution in [0.25, 0.3) is 11.3 Å². The van der Waals surface area contributed by atoms with Crippen molar-refractivity contribution >= 4 is 18.1 Å². The fourth-order valence-corrected chi connectivity index (χ4v) is 2.87. The van der Waals surface area contributed by atoms with Crippen LogP contribution in [0.15, 0.2) is 36.5 Å². The van der Waals surface area contributed by atoms with Crippen molar-refractivity contribution in [3.63, 3.8) is 0 Å². The summed E-state index contributed by atoms with van der Waals surface area (Å²) in [5, 5.41) is 10.2. The van der Waals surface area contributed by atoms with E-state index in [4.69, 9.17) is 9.90 Å². The first-order valence-electron chi connectivity index (χ1n) is 8.79. The minimum Gasteiger partial charge on any atom is -0.483 e. The van der Waals surface area contributed by atoms with Crippen LogP contribution in [-0.2, 0) is 4.79 Å². The second-order valence-corrected chi connectivity index (χ2v) is 6.29. The Labute approximate surface area is 154 Å². The maximum atomic E-state index is 8.36. The molecular weight excluding hydrogens is 330 g/mol. The molecule has 0 unspecified atom stereocenters. The fraction of sp³-hybridized carbons (Fsp3) is 0.421. The number of hydrogen-bond acceptors (Lipinski definition) is 6. The molecule has 1 aliphatic rings. The molecule has 1 saturated heterocycles. The lowest BCUT2D eigenvalue weighted by molar-refractivity contribution is -0.122. The standard InChI is InChI=1S/C18H25N5.CH2O2/c1-22(2)16-7-5-15(6-8-16)17-9-10-19-18(21-17)20-11-14-23-12-3-4-13-23;2-1-3/h5-10H,3-4,11-14H2,1-2H3,(H,19,20,21);1H,(H,2,3). The van der Waals surface area contributed by atoms with Crippen LogP contribution in [0, 0.1) is 0 Å². The van der Waals surface area contributed by atoms with Gasteiger partial charge in [-0.3, -0.25) is 4.79 Å². The number of carbonyl (C=O) groups is 1. The lowest BCUT2D eigenvalue weighted by atomic mass is 10.1. The Morgan fingerprint density at radius 1 is 1.19 bits per heavy atom. The molecule has 1 fully saturated rings. The van der Waals surface area contributed by atoms with Gasteiger partial charge in [0.2, 0.25) is 5.95 Å². The maximum absolute atomic E-state index is 8.36. The van der Waals surface area contributed by atoms with E-state index < -0.39 is 0 Å². The van der Waals surface area contributed by atoms with Gasteiger partial charge in [0.25, 0.3) is 6.47 Å². The van der Waals surface area contributed by atoms with Gasteiger partial charge in [0.15, 0.2) is 0 Å². The van der Waals surface area contributed by atoms with Crippen LogP contribution >= 0.6 is 0 Å². The van der Waals surface area contributed by atoms with Gasteiger partial charge in [0, 0.05) is 44.6 Å². The van der Waals surface area contributed by atoms with Gasteiger partial charge in [-0.15, -0.1) is 0 Å². The second kappa shape index (κ2) is 10.4. The summed E-state index contributed by atoms with van der Waals surface area (Å²) >= 11 is 0. The predicted octanol–water partition coefficient (Wildman–Crippen LogP) is 2.42. The molecule has 0 saturated carbocycles. The van der Waals surface area contributed by atoms with Crippen molar-refractivity contribution in [2.75, 3.05) is 50.5 Å². The van der Waals surface area contributed by atoms with E-state index in [0.717, 1.165) is 24.3 Å².